The van der Waals surface area contributed by atoms with E-state index in [9.17, 15) is 45.1 Å². The van der Waals surface area contributed by atoms with Gasteiger partial charge in [-0.1, -0.05) is 37.6 Å². The van der Waals surface area contributed by atoms with Gasteiger partial charge in [-0.2, -0.15) is 26.3 Å². The fraction of sp³-hybridized carbons (Fsp3) is 0.382. The number of ether oxygens (including phenoxy) is 2. The van der Waals surface area contributed by atoms with Crippen molar-refractivity contribution >= 4 is 18.7 Å². The number of aryl methyl sites for hydroxylation is 2. The van der Waals surface area contributed by atoms with Crippen molar-refractivity contribution in [3.05, 3.63) is 93.3 Å². The molecule has 0 unspecified atom stereocenters. The topological polar surface area (TPSA) is 142 Å². The Labute approximate surface area is 335 Å². The Balaban J connectivity index is 0. The number of carbonyl (C=O) groups is 1. The summed E-state index contributed by atoms with van der Waals surface area (Å²) in [6.45, 7) is 8.57. The number of hydrogen-bond donors (Lipinski definition) is 1. The molecule has 0 fully saturated rings. The minimum Gasteiger partial charge on any atom is -0.870 e. The molecule has 0 spiro atoms. The van der Waals surface area contributed by atoms with Gasteiger partial charge in [0.2, 0.25) is 0 Å². The van der Waals surface area contributed by atoms with Crippen LogP contribution in [-0.4, -0.2) is 41.8 Å². The van der Waals surface area contributed by atoms with Crippen LogP contribution >= 0.6 is 0 Å². The normalized spacial score (nSPS) is 12.9. The van der Waals surface area contributed by atoms with Gasteiger partial charge in [0.05, 0.1) is 11.1 Å². The number of rotatable bonds is 12. The molecule has 3 N–H and O–H groups in total. The third-order valence-corrected chi connectivity index (χ3v) is 7.39. The van der Waals surface area contributed by atoms with Crippen molar-refractivity contribution in [2.45, 2.75) is 84.1 Å². The number of nitrogens with one attached hydrogen (secondary N) is 1. The first-order valence-corrected chi connectivity index (χ1v) is 14.4. The van der Waals surface area contributed by atoms with Crippen molar-refractivity contribution in [3.63, 3.8) is 0 Å². The molecule has 0 aliphatic carbocycles. The molecule has 0 saturated carbocycles. The molecule has 0 aromatic heterocycles. The Hall–Kier alpha value is -2.34. The van der Waals surface area contributed by atoms with Crippen molar-refractivity contribution < 1.29 is 125 Å². The maximum Gasteiger partial charge on any atom is 1.00 e. The molecule has 3 atom stereocenters. The second-order valence-electron chi connectivity index (χ2n) is 11.4. The average Bonchev–Trinajstić information content (AvgIpc) is 2.97. The van der Waals surface area contributed by atoms with Gasteiger partial charge in [0.15, 0.2) is 0 Å². The summed E-state index contributed by atoms with van der Waals surface area (Å²) in [5.74, 6) is -0.498. The van der Waals surface area contributed by atoms with Crippen LogP contribution in [0.1, 0.15) is 78.2 Å². The zero-order valence-electron chi connectivity index (χ0n) is 28.9. The Morgan fingerprint density at radius 1 is 0.824 bits per heavy atom. The smallest absolute Gasteiger partial charge is 0.870 e. The monoisotopic (exact) mass is 747 g/mol. The zero-order valence-corrected chi connectivity index (χ0v) is 32.9. The van der Waals surface area contributed by atoms with Gasteiger partial charge in [-0.05, 0) is 96.5 Å². The SMILES string of the molecule is Cc1ccc(-c2cc(C(C)C)c(F)cc2C)c(CN[C@@H](C)[C@H](OC(=O)O[C@H]([C-]=O)C[C-]=O)c2cc(C(F)(F)F)cc(C(F)(F)F)c2)c1.[Na+].[Na+].[OH-].[OH-]. The van der Waals surface area contributed by atoms with Crippen LogP contribution in [-0.2, 0) is 38.0 Å². The van der Waals surface area contributed by atoms with Crippen LogP contribution in [0.5, 0.6) is 0 Å². The molecule has 3 aromatic carbocycles. The first-order chi connectivity index (χ1) is 21.8. The second-order valence-corrected chi connectivity index (χ2v) is 11.4. The summed E-state index contributed by atoms with van der Waals surface area (Å²) in [4.78, 5) is 34.3. The number of benzene rings is 3. The van der Waals surface area contributed by atoms with Crippen LogP contribution < -0.4 is 64.4 Å². The van der Waals surface area contributed by atoms with Crippen LogP contribution in [0.2, 0.25) is 0 Å². The zero-order chi connectivity index (χ0) is 35.3. The van der Waals surface area contributed by atoms with E-state index in [4.69, 9.17) is 9.47 Å². The van der Waals surface area contributed by atoms with Crippen molar-refractivity contribution in [2.24, 2.45) is 0 Å². The van der Waals surface area contributed by atoms with E-state index in [1.54, 1.807) is 13.0 Å². The number of halogens is 7. The third kappa shape index (κ3) is 13.9. The molecule has 0 heterocycles. The third-order valence-electron chi connectivity index (χ3n) is 7.39. The summed E-state index contributed by atoms with van der Waals surface area (Å²) < 4.78 is 107. The Morgan fingerprint density at radius 3 is 1.88 bits per heavy atom. The van der Waals surface area contributed by atoms with E-state index in [2.05, 4.69) is 5.32 Å². The quantitative estimate of drug-likeness (QED) is 0.129. The number of hydrogen-bond acceptors (Lipinski definition) is 8. The van der Waals surface area contributed by atoms with Crippen LogP contribution in [0.4, 0.5) is 35.5 Å². The van der Waals surface area contributed by atoms with Gasteiger partial charge in [0, 0.05) is 12.6 Å². The Bertz CT molecular complexity index is 1590. The predicted octanol–water partition coefficient (Wildman–Crippen LogP) is 2.28. The summed E-state index contributed by atoms with van der Waals surface area (Å²) in [5, 5.41) is 3.01. The van der Waals surface area contributed by atoms with Crippen LogP contribution in [0.25, 0.3) is 11.1 Å². The molecule has 8 nitrogen and oxygen atoms in total. The second kappa shape index (κ2) is 21.4. The molecule has 3 aromatic rings. The van der Waals surface area contributed by atoms with Gasteiger partial charge >= 0.3 is 77.6 Å². The van der Waals surface area contributed by atoms with Crippen molar-refractivity contribution in [3.8, 4) is 11.1 Å². The minimum absolute atomic E-state index is 0. The molecular formula is C34H34F7NNa2O7-2. The van der Waals surface area contributed by atoms with E-state index in [0.29, 0.717) is 39.9 Å². The van der Waals surface area contributed by atoms with Gasteiger partial charge < -0.3 is 35.3 Å². The van der Waals surface area contributed by atoms with Crippen LogP contribution in [0.15, 0.2) is 48.5 Å². The molecule has 0 radical (unpaired) electrons. The molecule has 51 heavy (non-hydrogen) atoms. The summed E-state index contributed by atoms with van der Waals surface area (Å²) in [5.41, 5.74) is 0.0540. The minimum atomic E-state index is -5.19. The van der Waals surface area contributed by atoms with Gasteiger partial charge in [0.1, 0.15) is 11.9 Å². The molecule has 0 aliphatic rings. The number of alkyl halides is 6. The van der Waals surface area contributed by atoms with Gasteiger partial charge in [-0.15, -0.1) is 6.42 Å². The van der Waals surface area contributed by atoms with E-state index in [1.807, 2.05) is 39.0 Å². The molecule has 270 valence electrons. The summed E-state index contributed by atoms with van der Waals surface area (Å²) in [6, 6.07) is 8.22. The van der Waals surface area contributed by atoms with Gasteiger partial charge in [-0.25, -0.2) is 15.5 Å². The average molecular weight is 748 g/mol. The van der Waals surface area contributed by atoms with Crippen molar-refractivity contribution in [1.82, 2.24) is 5.32 Å². The Morgan fingerprint density at radius 2 is 1.39 bits per heavy atom. The van der Waals surface area contributed by atoms with Crippen molar-refractivity contribution in [2.75, 3.05) is 0 Å². The summed E-state index contributed by atoms with van der Waals surface area (Å²) in [7, 11) is 0. The first-order valence-electron chi connectivity index (χ1n) is 14.4. The molecule has 0 bridgehead atoms. The maximum absolute atomic E-state index is 14.7. The van der Waals surface area contributed by atoms with E-state index in [0.717, 1.165) is 5.56 Å². The van der Waals surface area contributed by atoms with E-state index in [-0.39, 0.29) is 94.4 Å². The summed E-state index contributed by atoms with van der Waals surface area (Å²) >= 11 is 0. The van der Waals surface area contributed by atoms with Crippen molar-refractivity contribution in [1.29, 1.82) is 0 Å². The van der Waals surface area contributed by atoms with E-state index >= 15 is 0 Å². The molecule has 3 rings (SSSR count). The summed E-state index contributed by atoms with van der Waals surface area (Å²) in [6.07, 6.45) is -13.7. The van der Waals surface area contributed by atoms with Gasteiger partial charge in [-0.3, -0.25) is 6.29 Å². The molecular weight excluding hydrogens is 713 g/mol. The van der Waals surface area contributed by atoms with E-state index < -0.39 is 59.9 Å². The molecule has 0 aliphatic heterocycles. The molecule has 17 heteroatoms. The molecule has 0 amide bonds. The van der Waals surface area contributed by atoms with E-state index in [1.165, 1.54) is 25.6 Å². The van der Waals surface area contributed by atoms with Crippen LogP contribution in [0, 0.1) is 19.7 Å². The largest absolute Gasteiger partial charge is 1.00 e. The molecule has 0 saturated heterocycles. The van der Waals surface area contributed by atoms with Gasteiger partial charge in [0.25, 0.3) is 0 Å². The van der Waals surface area contributed by atoms with Crippen LogP contribution in [0.3, 0.4) is 0 Å². The fourth-order valence-electron chi connectivity index (χ4n) is 4.96. The first kappa shape index (κ1) is 50.8. The maximum atomic E-state index is 14.7. The predicted molar refractivity (Wildman–Crippen MR) is 162 cm³/mol. The fourth-order valence-corrected chi connectivity index (χ4v) is 4.96. The Kier molecular flexibility index (Phi) is 21.3. The number of carbonyl (C=O) groups excluding carboxylic acids is 3. The standard InChI is InChI=1S/C34H32F7NO5.2Na.2H2O/c1-18(2)28-15-29(20(4)11-30(28)35)27-7-6-19(3)10-23(27)16-42-21(5)31(47-32(45)46-26(17-44)8-9-43)22-12-24(33(36,37)38)14-25(13-22)34(39,40)41;;;;/h6-7,10-15,18,21,26,31,42H,8,16H2,1-5H3;;;2*1H2/q-2;2*+1;;/p-2/t21-,26-,31-;;;;/m0..../s1.